The number of hydroxylamine groups is 1. The number of alkyl halides is 1. The van der Waals surface area contributed by atoms with E-state index in [4.69, 9.17) is 4.74 Å². The van der Waals surface area contributed by atoms with E-state index in [1.165, 1.54) is 10.4 Å². The predicted octanol–water partition coefficient (Wildman–Crippen LogP) is 4.97. The van der Waals surface area contributed by atoms with Crippen molar-refractivity contribution in [2.24, 2.45) is 5.41 Å². The molecule has 0 aliphatic carbocycles. The Morgan fingerprint density at radius 3 is 2.83 bits per heavy atom. The molecule has 4 rings (SSSR count). The number of benzene rings is 1. The molecule has 3 aromatic rings. The summed E-state index contributed by atoms with van der Waals surface area (Å²) in [5.41, 5.74) is 2.50. The van der Waals surface area contributed by atoms with Gasteiger partial charge in [0.25, 0.3) is 0 Å². The first kappa shape index (κ1) is 26.8. The number of aromatic nitrogens is 1. The number of piperidine rings is 1. The van der Waals surface area contributed by atoms with Crippen LogP contribution in [-0.2, 0) is 11.5 Å². The number of halogens is 1. The number of hydrogen-bond acceptors (Lipinski definition) is 8. The highest BCUT2D eigenvalue weighted by Gasteiger charge is 2.41. The zero-order chi connectivity index (χ0) is 25.5. The molecule has 1 aliphatic heterocycles. The Kier molecular flexibility index (Phi) is 9.19. The zero-order valence-corrected chi connectivity index (χ0v) is 21.9. The van der Waals surface area contributed by atoms with E-state index >= 15 is 0 Å². The van der Waals surface area contributed by atoms with Gasteiger partial charge < -0.3 is 14.7 Å². The summed E-state index contributed by atoms with van der Waals surface area (Å²) in [7, 11) is 1.55. The second kappa shape index (κ2) is 12.3. The highest BCUT2D eigenvalue weighted by Crippen LogP contribution is 2.40. The number of ether oxygens (including phenoxy) is 1. The highest BCUT2D eigenvalue weighted by molar-refractivity contribution is 8.01. The van der Waals surface area contributed by atoms with Crippen molar-refractivity contribution in [1.82, 2.24) is 15.4 Å². The summed E-state index contributed by atoms with van der Waals surface area (Å²) >= 11 is 3.56. The van der Waals surface area contributed by atoms with Crippen molar-refractivity contribution in [2.45, 2.75) is 42.7 Å². The van der Waals surface area contributed by atoms with Crippen LogP contribution in [0.25, 0.3) is 10.9 Å². The van der Waals surface area contributed by atoms with E-state index < -0.39 is 24.1 Å². The Balaban J connectivity index is 1.44. The molecular formula is C26H32FN3O4S2. The summed E-state index contributed by atoms with van der Waals surface area (Å²) in [6, 6.07) is 9.46. The second-order valence-corrected chi connectivity index (χ2v) is 11.5. The van der Waals surface area contributed by atoms with Crippen LogP contribution in [-0.4, -0.2) is 58.6 Å². The molecule has 0 radical (unpaired) electrons. The summed E-state index contributed by atoms with van der Waals surface area (Å²) in [5, 5.41) is 23.4. The van der Waals surface area contributed by atoms with Gasteiger partial charge in [0.1, 0.15) is 12.4 Å². The third kappa shape index (κ3) is 6.00. The number of nitrogens with zero attached hydrogens (tertiary/aromatic N) is 2. The van der Waals surface area contributed by atoms with Crippen LogP contribution < -0.4 is 10.2 Å². The first-order chi connectivity index (χ1) is 17.5. The van der Waals surface area contributed by atoms with Crippen LogP contribution in [0.15, 0.2) is 46.1 Å². The van der Waals surface area contributed by atoms with Crippen LogP contribution in [0, 0.1) is 5.41 Å². The van der Waals surface area contributed by atoms with Crippen molar-refractivity contribution in [2.75, 3.05) is 32.5 Å². The molecule has 1 saturated heterocycles. The van der Waals surface area contributed by atoms with Crippen molar-refractivity contribution >= 4 is 39.9 Å². The van der Waals surface area contributed by atoms with Gasteiger partial charge in [-0.15, -0.1) is 23.1 Å². The fraction of sp³-hybridized carbons (Fsp3) is 0.462. The predicted molar refractivity (Wildman–Crippen MR) is 140 cm³/mol. The van der Waals surface area contributed by atoms with Crippen LogP contribution in [0.2, 0.25) is 0 Å². The number of nitrogens with one attached hydrogen (secondary N) is 1. The number of likely N-dealkylation sites (tertiary alicyclic amines) is 1. The molecule has 194 valence electrons. The van der Waals surface area contributed by atoms with Crippen LogP contribution in [0.3, 0.4) is 0 Å². The number of carbonyl (C=O) groups is 1. The lowest BCUT2D eigenvalue weighted by molar-refractivity contribution is -0.143. The number of thioether (sulfide) groups is 1. The number of rotatable bonds is 11. The number of carbonyl (C=O) groups excluding carboxylic acids is 1. The minimum absolute atomic E-state index is 0.255. The quantitative estimate of drug-likeness (QED) is 0.182. The van der Waals surface area contributed by atoms with Gasteiger partial charge in [0.15, 0.2) is 0 Å². The number of pyridine rings is 1. The molecule has 1 unspecified atom stereocenters. The molecule has 10 heteroatoms. The van der Waals surface area contributed by atoms with Crippen LogP contribution in [0.5, 0.6) is 5.75 Å². The van der Waals surface area contributed by atoms with Gasteiger partial charge in [-0.2, -0.15) is 0 Å². The Hall–Kier alpha value is -2.24. The van der Waals surface area contributed by atoms with Crippen LogP contribution in [0.4, 0.5) is 4.39 Å². The van der Waals surface area contributed by atoms with E-state index in [1.807, 2.05) is 23.3 Å². The fourth-order valence-corrected chi connectivity index (χ4v) is 6.82. The first-order valence-corrected chi connectivity index (χ1v) is 13.9. The van der Waals surface area contributed by atoms with E-state index in [2.05, 4.69) is 21.3 Å². The van der Waals surface area contributed by atoms with Crippen LogP contribution >= 0.6 is 23.1 Å². The Bertz CT molecular complexity index is 1150. The van der Waals surface area contributed by atoms with E-state index in [9.17, 15) is 19.5 Å². The number of fused-ring (bicyclic) bond motifs is 1. The van der Waals surface area contributed by atoms with Gasteiger partial charge in [-0.1, -0.05) is 6.07 Å². The topological polar surface area (TPSA) is 94.9 Å². The molecule has 1 atom stereocenters. The molecule has 3 heterocycles. The normalized spacial score (nSPS) is 16.7. The zero-order valence-electron chi connectivity index (χ0n) is 20.3. The molecule has 0 bridgehead atoms. The molecule has 1 aliphatic rings. The maximum atomic E-state index is 13.9. The molecule has 7 nitrogen and oxygen atoms in total. The Morgan fingerprint density at radius 1 is 1.36 bits per heavy atom. The molecule has 0 spiro atoms. The maximum absolute atomic E-state index is 13.9. The van der Waals surface area contributed by atoms with Crippen LogP contribution in [0.1, 0.15) is 42.9 Å². The second-order valence-electron chi connectivity index (χ2n) is 9.11. The monoisotopic (exact) mass is 533 g/mol. The SMILES string of the molecule is COc1ccc2ncc(CF)c(C(O)CCC3(C(=O)NO)CCN(CCSc4cccs4)CC3)c2c1. The van der Waals surface area contributed by atoms with Gasteiger partial charge in [0, 0.05) is 29.4 Å². The van der Waals surface area contributed by atoms with Gasteiger partial charge in [0.2, 0.25) is 5.91 Å². The van der Waals surface area contributed by atoms with Crippen molar-refractivity contribution in [3.63, 3.8) is 0 Å². The molecular weight excluding hydrogens is 501 g/mol. The molecule has 3 N–H and O–H groups in total. The highest BCUT2D eigenvalue weighted by atomic mass is 32.2. The molecule has 1 fully saturated rings. The third-order valence-electron chi connectivity index (χ3n) is 7.12. The van der Waals surface area contributed by atoms with E-state index in [0.29, 0.717) is 47.0 Å². The number of amides is 1. The van der Waals surface area contributed by atoms with Crippen molar-refractivity contribution in [3.05, 3.63) is 53.0 Å². The standard InChI is InChI=1S/C26H32FN3O4S2/c1-34-19-4-5-21-20(15-19)24(18(16-27)17-28-21)22(31)6-7-26(25(32)29-33)8-10-30(11-9-26)12-14-36-23-3-2-13-35-23/h2-5,13,15,17,22,31,33H,6-12,14,16H2,1H3,(H,29,32). The minimum Gasteiger partial charge on any atom is -0.497 e. The van der Waals surface area contributed by atoms with Gasteiger partial charge in [0.05, 0.1) is 28.4 Å². The molecule has 0 saturated carbocycles. The number of aliphatic hydroxyl groups is 1. The van der Waals surface area contributed by atoms with Crippen molar-refractivity contribution < 1.29 is 24.2 Å². The van der Waals surface area contributed by atoms with E-state index in [1.54, 1.807) is 36.6 Å². The molecule has 1 aromatic carbocycles. The smallest absolute Gasteiger partial charge is 0.249 e. The summed E-state index contributed by atoms with van der Waals surface area (Å²) < 4.78 is 20.5. The van der Waals surface area contributed by atoms with Gasteiger partial charge in [-0.25, -0.2) is 9.87 Å². The lowest BCUT2D eigenvalue weighted by Crippen LogP contribution is -2.48. The van der Waals surface area contributed by atoms with Gasteiger partial charge in [-0.05, 0) is 74.0 Å². The number of methoxy groups -OCH3 is 1. The first-order valence-electron chi connectivity index (χ1n) is 12.0. The fourth-order valence-electron chi connectivity index (χ4n) is 4.95. The number of thiophene rings is 1. The molecule has 36 heavy (non-hydrogen) atoms. The average Bonchev–Trinajstić information content (AvgIpc) is 3.44. The Labute approximate surface area is 218 Å². The third-order valence-corrected chi connectivity index (χ3v) is 9.23. The van der Waals surface area contributed by atoms with E-state index in [-0.39, 0.29) is 6.42 Å². The lowest BCUT2D eigenvalue weighted by atomic mass is 9.73. The van der Waals surface area contributed by atoms with Crippen molar-refractivity contribution in [1.29, 1.82) is 0 Å². The van der Waals surface area contributed by atoms with Gasteiger partial charge >= 0.3 is 0 Å². The molecule has 2 aromatic heterocycles. The minimum atomic E-state index is -0.989. The maximum Gasteiger partial charge on any atom is 0.249 e. The Morgan fingerprint density at radius 2 is 2.17 bits per heavy atom. The van der Waals surface area contributed by atoms with E-state index in [0.717, 1.165) is 25.4 Å². The number of aliphatic hydroxyl groups excluding tert-OH is 1. The number of hydrogen-bond donors (Lipinski definition) is 3. The summed E-state index contributed by atoms with van der Waals surface area (Å²) in [4.78, 5) is 19.4. The lowest BCUT2D eigenvalue weighted by Gasteiger charge is -2.40. The molecule has 1 amide bonds. The summed E-state index contributed by atoms with van der Waals surface area (Å²) in [6.07, 6.45) is 2.25. The summed E-state index contributed by atoms with van der Waals surface area (Å²) in [5.74, 6) is 1.15. The summed E-state index contributed by atoms with van der Waals surface area (Å²) in [6.45, 7) is 1.64. The largest absolute Gasteiger partial charge is 0.497 e. The average molecular weight is 534 g/mol. The van der Waals surface area contributed by atoms with Crippen molar-refractivity contribution in [3.8, 4) is 5.75 Å². The van der Waals surface area contributed by atoms with Gasteiger partial charge in [-0.3, -0.25) is 15.0 Å².